The molecule has 1 aromatic rings. The number of hydrogen-bond acceptors (Lipinski definition) is 4. The second-order valence-electron chi connectivity index (χ2n) is 3.23. The summed E-state index contributed by atoms with van der Waals surface area (Å²) in [4.78, 5) is 11.4. The van der Waals surface area contributed by atoms with Gasteiger partial charge in [-0.05, 0) is 19.1 Å². The first-order chi connectivity index (χ1) is 7.02. The molecule has 1 atom stereocenters. The zero-order valence-electron chi connectivity index (χ0n) is 8.27. The maximum Gasteiger partial charge on any atom is 0.258 e. The Hall–Kier alpha value is -1.75. The number of benzene rings is 1. The Morgan fingerprint density at radius 2 is 1.93 bits per heavy atom. The largest absolute Gasteiger partial charge is 0.507 e. The molecular formula is C10H13NO4. The van der Waals surface area contributed by atoms with Gasteiger partial charge in [0, 0.05) is 6.54 Å². The highest BCUT2D eigenvalue weighted by atomic mass is 16.3. The van der Waals surface area contributed by atoms with Gasteiger partial charge in [-0.25, -0.2) is 0 Å². The van der Waals surface area contributed by atoms with Gasteiger partial charge >= 0.3 is 0 Å². The number of carbonyl (C=O) groups excluding carboxylic acids is 1. The Morgan fingerprint density at radius 3 is 2.40 bits per heavy atom. The zero-order chi connectivity index (χ0) is 11.4. The van der Waals surface area contributed by atoms with E-state index in [1.165, 1.54) is 25.1 Å². The molecule has 5 heteroatoms. The van der Waals surface area contributed by atoms with Crippen LogP contribution in [0.25, 0.3) is 0 Å². The highest BCUT2D eigenvalue weighted by molar-refractivity contribution is 5.99. The monoisotopic (exact) mass is 211 g/mol. The van der Waals surface area contributed by atoms with Crippen LogP contribution in [0.15, 0.2) is 18.2 Å². The molecule has 0 aliphatic rings. The predicted octanol–water partition coefficient (Wildman–Crippen LogP) is 0.208. The fourth-order valence-corrected chi connectivity index (χ4v) is 1.09. The first-order valence-electron chi connectivity index (χ1n) is 4.49. The molecule has 0 aromatic heterocycles. The molecule has 0 aliphatic heterocycles. The summed E-state index contributed by atoms with van der Waals surface area (Å²) < 4.78 is 0. The van der Waals surface area contributed by atoms with Gasteiger partial charge in [-0.15, -0.1) is 0 Å². The third-order valence-corrected chi connectivity index (χ3v) is 1.81. The standard InChI is InChI=1S/C10H13NO4/c1-6(12)5-11-10(15)9-7(13)3-2-4-8(9)14/h2-4,6,12-14H,5H2,1H3,(H,11,15). The van der Waals surface area contributed by atoms with Gasteiger partial charge < -0.3 is 20.6 Å². The van der Waals surface area contributed by atoms with Crippen LogP contribution in [0.2, 0.25) is 0 Å². The molecule has 1 unspecified atom stereocenters. The molecule has 15 heavy (non-hydrogen) atoms. The van der Waals surface area contributed by atoms with Gasteiger partial charge in [-0.1, -0.05) is 6.07 Å². The van der Waals surface area contributed by atoms with E-state index in [0.29, 0.717) is 0 Å². The molecule has 1 aromatic carbocycles. The minimum atomic E-state index is -0.679. The first kappa shape index (κ1) is 11.3. The van der Waals surface area contributed by atoms with Gasteiger partial charge in [0.25, 0.3) is 5.91 Å². The number of hydrogen-bond donors (Lipinski definition) is 4. The van der Waals surface area contributed by atoms with Gasteiger partial charge in [0.15, 0.2) is 0 Å². The van der Waals surface area contributed by atoms with Crippen LogP contribution in [0.1, 0.15) is 17.3 Å². The maximum atomic E-state index is 11.4. The van der Waals surface area contributed by atoms with Crippen LogP contribution in [0, 0.1) is 0 Å². The van der Waals surface area contributed by atoms with Crippen molar-refractivity contribution in [2.75, 3.05) is 6.54 Å². The third kappa shape index (κ3) is 2.85. The van der Waals surface area contributed by atoms with E-state index in [2.05, 4.69) is 5.32 Å². The van der Waals surface area contributed by atoms with Crippen molar-refractivity contribution < 1.29 is 20.1 Å². The summed E-state index contributed by atoms with van der Waals surface area (Å²) in [7, 11) is 0. The van der Waals surface area contributed by atoms with Crippen LogP contribution in [-0.2, 0) is 0 Å². The van der Waals surface area contributed by atoms with E-state index < -0.39 is 12.0 Å². The van der Waals surface area contributed by atoms with E-state index in [9.17, 15) is 15.0 Å². The summed E-state index contributed by atoms with van der Waals surface area (Å²) in [6, 6.07) is 4.03. The topological polar surface area (TPSA) is 89.8 Å². The number of aromatic hydroxyl groups is 2. The zero-order valence-corrected chi connectivity index (χ0v) is 8.27. The summed E-state index contributed by atoms with van der Waals surface area (Å²) in [5, 5.41) is 30.0. The Labute approximate surface area is 87.0 Å². The lowest BCUT2D eigenvalue weighted by molar-refractivity contribution is 0.0918. The highest BCUT2D eigenvalue weighted by Crippen LogP contribution is 2.25. The second kappa shape index (κ2) is 4.65. The summed E-state index contributed by atoms with van der Waals surface area (Å²) >= 11 is 0. The van der Waals surface area contributed by atoms with Gasteiger partial charge in [0.1, 0.15) is 17.1 Å². The number of carbonyl (C=O) groups is 1. The van der Waals surface area contributed by atoms with E-state index in [1.54, 1.807) is 0 Å². The lowest BCUT2D eigenvalue weighted by Gasteiger charge is -2.09. The van der Waals surface area contributed by atoms with E-state index in [1.807, 2.05) is 0 Å². The van der Waals surface area contributed by atoms with Crippen LogP contribution < -0.4 is 5.32 Å². The summed E-state index contributed by atoms with van der Waals surface area (Å²) in [5.74, 6) is -1.21. The van der Waals surface area contributed by atoms with Crippen molar-refractivity contribution in [1.82, 2.24) is 5.32 Å². The van der Waals surface area contributed by atoms with Crippen molar-refractivity contribution in [3.63, 3.8) is 0 Å². The van der Waals surface area contributed by atoms with Gasteiger partial charge in [0.2, 0.25) is 0 Å². The van der Waals surface area contributed by atoms with Crippen molar-refractivity contribution in [3.05, 3.63) is 23.8 Å². The average Bonchev–Trinajstić information content (AvgIpc) is 2.14. The smallest absolute Gasteiger partial charge is 0.258 e. The Balaban J connectivity index is 2.82. The molecule has 0 radical (unpaired) electrons. The molecule has 0 saturated carbocycles. The van der Waals surface area contributed by atoms with Crippen LogP contribution in [0.5, 0.6) is 11.5 Å². The number of aliphatic hydroxyl groups excluding tert-OH is 1. The first-order valence-corrected chi connectivity index (χ1v) is 4.49. The lowest BCUT2D eigenvalue weighted by Crippen LogP contribution is -2.30. The van der Waals surface area contributed by atoms with Crippen LogP contribution in [-0.4, -0.2) is 33.9 Å². The number of phenols is 2. The van der Waals surface area contributed by atoms with Crippen molar-refractivity contribution in [2.45, 2.75) is 13.0 Å². The lowest BCUT2D eigenvalue weighted by atomic mass is 10.1. The van der Waals surface area contributed by atoms with E-state index in [-0.39, 0.29) is 23.6 Å². The summed E-state index contributed by atoms with van der Waals surface area (Å²) in [6.07, 6.45) is -0.679. The fourth-order valence-electron chi connectivity index (χ4n) is 1.09. The molecule has 1 amide bonds. The van der Waals surface area contributed by atoms with Crippen LogP contribution in [0.3, 0.4) is 0 Å². The summed E-state index contributed by atoms with van der Waals surface area (Å²) in [6.45, 7) is 1.58. The number of aliphatic hydroxyl groups is 1. The van der Waals surface area contributed by atoms with Crippen molar-refractivity contribution in [3.8, 4) is 11.5 Å². The number of phenolic OH excluding ortho intramolecular Hbond substituents is 2. The normalized spacial score (nSPS) is 12.1. The molecule has 4 N–H and O–H groups in total. The Morgan fingerprint density at radius 1 is 1.40 bits per heavy atom. The molecule has 1 rings (SSSR count). The molecule has 0 aliphatic carbocycles. The quantitative estimate of drug-likeness (QED) is 0.575. The Bertz CT molecular complexity index is 342. The molecule has 0 spiro atoms. The molecule has 82 valence electrons. The van der Waals surface area contributed by atoms with Crippen LogP contribution in [0.4, 0.5) is 0 Å². The predicted molar refractivity (Wildman–Crippen MR) is 53.8 cm³/mol. The SMILES string of the molecule is CC(O)CNC(=O)c1c(O)cccc1O. The number of rotatable bonds is 3. The van der Waals surface area contributed by atoms with Gasteiger partial charge in [-0.3, -0.25) is 4.79 Å². The molecule has 0 bridgehead atoms. The Kier molecular flexibility index (Phi) is 3.51. The minimum absolute atomic E-state index is 0.0621. The van der Waals surface area contributed by atoms with E-state index >= 15 is 0 Å². The van der Waals surface area contributed by atoms with E-state index in [4.69, 9.17) is 5.11 Å². The van der Waals surface area contributed by atoms with Crippen molar-refractivity contribution in [1.29, 1.82) is 0 Å². The minimum Gasteiger partial charge on any atom is -0.507 e. The average molecular weight is 211 g/mol. The summed E-state index contributed by atoms with van der Waals surface area (Å²) in [5.41, 5.74) is -0.182. The number of nitrogens with one attached hydrogen (secondary N) is 1. The van der Waals surface area contributed by atoms with Crippen molar-refractivity contribution in [2.24, 2.45) is 0 Å². The molecule has 0 fully saturated rings. The molecular weight excluding hydrogens is 198 g/mol. The maximum absolute atomic E-state index is 11.4. The highest BCUT2D eigenvalue weighted by Gasteiger charge is 2.15. The van der Waals surface area contributed by atoms with Crippen molar-refractivity contribution >= 4 is 5.91 Å². The van der Waals surface area contributed by atoms with Gasteiger partial charge in [0.05, 0.1) is 6.10 Å². The van der Waals surface area contributed by atoms with Gasteiger partial charge in [-0.2, -0.15) is 0 Å². The van der Waals surface area contributed by atoms with Crippen LogP contribution >= 0.6 is 0 Å². The fraction of sp³-hybridized carbons (Fsp3) is 0.300. The van der Waals surface area contributed by atoms with E-state index in [0.717, 1.165) is 0 Å². The molecule has 0 saturated heterocycles. The molecule has 5 nitrogen and oxygen atoms in total. The second-order valence-corrected chi connectivity index (χ2v) is 3.23. The molecule has 0 heterocycles. The third-order valence-electron chi connectivity index (χ3n) is 1.81. The number of amides is 1.